The maximum atomic E-state index is 11.2. The first-order valence-electron chi connectivity index (χ1n) is 5.94. The second-order valence-electron chi connectivity index (χ2n) is 4.81. The summed E-state index contributed by atoms with van der Waals surface area (Å²) in [6, 6.07) is 1.73. The summed E-state index contributed by atoms with van der Waals surface area (Å²) in [4.78, 5) is 15.4. The van der Waals surface area contributed by atoms with Crippen LogP contribution in [-0.2, 0) is 0 Å². The lowest BCUT2D eigenvalue weighted by atomic mass is 10.0. The van der Waals surface area contributed by atoms with Crippen molar-refractivity contribution in [1.82, 2.24) is 4.98 Å². The first-order chi connectivity index (χ1) is 8.26. The largest absolute Gasteiger partial charge is 0.478 e. The number of hydrogen-bond donors (Lipinski definition) is 3. The van der Waals surface area contributed by atoms with Crippen LogP contribution in [0.4, 0.5) is 5.82 Å². The molecule has 1 unspecified atom stereocenters. The molecule has 0 aromatic carbocycles. The van der Waals surface area contributed by atoms with Crippen molar-refractivity contribution in [3.63, 3.8) is 0 Å². The third-order valence-corrected chi connectivity index (χ3v) is 2.96. The molecule has 1 aromatic heterocycles. The number of pyridine rings is 1. The summed E-state index contributed by atoms with van der Waals surface area (Å²) in [7, 11) is 0. The zero-order chi connectivity index (χ0) is 13.9. The summed E-state index contributed by atoms with van der Waals surface area (Å²) in [6.45, 7) is 7.38. The summed E-state index contributed by atoms with van der Waals surface area (Å²) in [5.41, 5.74) is 0.687. The van der Waals surface area contributed by atoms with E-state index in [4.69, 9.17) is 0 Å². The Labute approximate surface area is 107 Å². The first kappa shape index (κ1) is 14.4. The van der Waals surface area contributed by atoms with Gasteiger partial charge in [-0.25, -0.2) is 9.78 Å². The van der Waals surface area contributed by atoms with Crippen LogP contribution >= 0.6 is 0 Å². The summed E-state index contributed by atoms with van der Waals surface area (Å²) in [5.74, 6) is -0.702. The summed E-state index contributed by atoms with van der Waals surface area (Å²) in [6.07, 6.45) is 0.577. The van der Waals surface area contributed by atoms with Gasteiger partial charge in [-0.1, -0.05) is 6.92 Å². The summed E-state index contributed by atoms with van der Waals surface area (Å²) >= 11 is 0. The van der Waals surface area contributed by atoms with Gasteiger partial charge in [0.25, 0.3) is 0 Å². The Balaban J connectivity index is 3.04. The van der Waals surface area contributed by atoms with E-state index in [0.29, 0.717) is 17.8 Å². The lowest BCUT2D eigenvalue weighted by molar-refractivity contribution is 0.0676. The van der Waals surface area contributed by atoms with Crippen LogP contribution in [0, 0.1) is 13.8 Å². The SMILES string of the molecule is CCC(C)(O)CNc1nc(C)cc(C)c1C(=O)O. The number of rotatable bonds is 5. The van der Waals surface area contributed by atoms with Gasteiger partial charge in [0, 0.05) is 12.2 Å². The van der Waals surface area contributed by atoms with Crippen LogP contribution in [0.1, 0.15) is 41.9 Å². The van der Waals surface area contributed by atoms with Crippen molar-refractivity contribution in [2.24, 2.45) is 0 Å². The minimum absolute atomic E-state index is 0.160. The molecule has 1 atom stereocenters. The van der Waals surface area contributed by atoms with Crippen molar-refractivity contribution in [3.05, 3.63) is 22.9 Å². The Morgan fingerprint density at radius 1 is 1.50 bits per heavy atom. The van der Waals surface area contributed by atoms with E-state index in [1.54, 1.807) is 19.9 Å². The van der Waals surface area contributed by atoms with Crippen molar-refractivity contribution < 1.29 is 15.0 Å². The topological polar surface area (TPSA) is 82.5 Å². The number of aryl methyl sites for hydroxylation is 2. The zero-order valence-corrected chi connectivity index (χ0v) is 11.2. The molecule has 0 radical (unpaired) electrons. The zero-order valence-electron chi connectivity index (χ0n) is 11.2. The highest BCUT2D eigenvalue weighted by molar-refractivity contribution is 5.94. The van der Waals surface area contributed by atoms with Crippen LogP contribution in [0.25, 0.3) is 0 Å². The predicted molar refractivity (Wildman–Crippen MR) is 70.1 cm³/mol. The molecule has 0 aliphatic heterocycles. The Morgan fingerprint density at radius 3 is 2.61 bits per heavy atom. The number of aromatic nitrogens is 1. The molecule has 0 saturated heterocycles. The third kappa shape index (κ3) is 3.43. The van der Waals surface area contributed by atoms with Gasteiger partial charge in [0.2, 0.25) is 0 Å². The average Bonchev–Trinajstić information content (AvgIpc) is 2.25. The number of nitrogens with zero attached hydrogens (tertiary/aromatic N) is 1. The van der Waals surface area contributed by atoms with Crippen LogP contribution in [0.5, 0.6) is 0 Å². The molecule has 0 bridgehead atoms. The van der Waals surface area contributed by atoms with Crippen molar-refractivity contribution in [2.45, 2.75) is 39.7 Å². The third-order valence-electron chi connectivity index (χ3n) is 2.96. The van der Waals surface area contributed by atoms with Crippen LogP contribution in [0.2, 0.25) is 0 Å². The van der Waals surface area contributed by atoms with E-state index in [2.05, 4.69) is 10.3 Å². The molecule has 0 fully saturated rings. The fraction of sp³-hybridized carbons (Fsp3) is 0.538. The van der Waals surface area contributed by atoms with E-state index in [1.165, 1.54) is 0 Å². The molecule has 1 rings (SSSR count). The van der Waals surface area contributed by atoms with Crippen LogP contribution < -0.4 is 5.32 Å². The van der Waals surface area contributed by atoms with Gasteiger partial charge >= 0.3 is 5.97 Å². The highest BCUT2D eigenvalue weighted by Crippen LogP contribution is 2.20. The van der Waals surface area contributed by atoms with E-state index in [-0.39, 0.29) is 12.1 Å². The second kappa shape index (κ2) is 5.35. The molecule has 1 aromatic rings. The number of aliphatic hydroxyl groups is 1. The molecule has 0 spiro atoms. The van der Waals surface area contributed by atoms with Gasteiger partial charge in [0.05, 0.1) is 5.60 Å². The molecule has 18 heavy (non-hydrogen) atoms. The number of nitrogens with one attached hydrogen (secondary N) is 1. The number of carboxylic acid groups (broad SMARTS) is 1. The highest BCUT2D eigenvalue weighted by atomic mass is 16.4. The molecule has 0 amide bonds. The first-order valence-corrected chi connectivity index (χ1v) is 5.94. The van der Waals surface area contributed by atoms with Gasteiger partial charge in [-0.3, -0.25) is 0 Å². The van der Waals surface area contributed by atoms with Gasteiger partial charge in [-0.15, -0.1) is 0 Å². The van der Waals surface area contributed by atoms with E-state index < -0.39 is 11.6 Å². The molecule has 3 N–H and O–H groups in total. The molecule has 100 valence electrons. The maximum Gasteiger partial charge on any atom is 0.339 e. The maximum absolute atomic E-state index is 11.2. The fourth-order valence-corrected chi connectivity index (χ4v) is 1.63. The molecule has 1 heterocycles. The molecule has 0 aliphatic carbocycles. The Morgan fingerprint density at radius 2 is 2.11 bits per heavy atom. The quantitative estimate of drug-likeness (QED) is 0.746. The van der Waals surface area contributed by atoms with Crippen molar-refractivity contribution >= 4 is 11.8 Å². The average molecular weight is 252 g/mol. The monoisotopic (exact) mass is 252 g/mol. The molecular weight excluding hydrogens is 232 g/mol. The van der Waals surface area contributed by atoms with Gasteiger partial charge < -0.3 is 15.5 Å². The van der Waals surface area contributed by atoms with Crippen LogP contribution in [-0.4, -0.2) is 33.3 Å². The molecule has 5 nitrogen and oxygen atoms in total. The number of anilines is 1. The minimum Gasteiger partial charge on any atom is -0.478 e. The highest BCUT2D eigenvalue weighted by Gasteiger charge is 2.20. The lowest BCUT2D eigenvalue weighted by Crippen LogP contribution is -2.33. The second-order valence-corrected chi connectivity index (χ2v) is 4.81. The predicted octanol–water partition coefficient (Wildman–Crippen LogP) is 1.97. The van der Waals surface area contributed by atoms with Crippen molar-refractivity contribution in [3.8, 4) is 0 Å². The van der Waals surface area contributed by atoms with Gasteiger partial charge in [-0.2, -0.15) is 0 Å². The van der Waals surface area contributed by atoms with Crippen LogP contribution in [0.3, 0.4) is 0 Å². The van der Waals surface area contributed by atoms with Crippen LogP contribution in [0.15, 0.2) is 6.07 Å². The molecule has 0 aliphatic rings. The Kier molecular flexibility index (Phi) is 4.29. The summed E-state index contributed by atoms with van der Waals surface area (Å²) in [5, 5.41) is 22.0. The smallest absolute Gasteiger partial charge is 0.339 e. The number of carboxylic acids is 1. The van der Waals surface area contributed by atoms with Gasteiger partial charge in [-0.05, 0) is 38.8 Å². The fourth-order valence-electron chi connectivity index (χ4n) is 1.63. The molecule has 0 saturated carbocycles. The Bertz CT molecular complexity index is 456. The minimum atomic E-state index is -1.02. The van der Waals surface area contributed by atoms with Crippen molar-refractivity contribution in [2.75, 3.05) is 11.9 Å². The van der Waals surface area contributed by atoms with E-state index in [1.807, 2.05) is 13.8 Å². The number of carbonyl (C=O) groups is 1. The van der Waals surface area contributed by atoms with E-state index in [9.17, 15) is 15.0 Å². The number of hydrogen-bond acceptors (Lipinski definition) is 4. The lowest BCUT2D eigenvalue weighted by Gasteiger charge is -2.23. The van der Waals surface area contributed by atoms with E-state index >= 15 is 0 Å². The Hall–Kier alpha value is -1.62. The normalized spacial score (nSPS) is 14.1. The van der Waals surface area contributed by atoms with Gasteiger partial charge in [0.15, 0.2) is 0 Å². The number of aromatic carboxylic acids is 1. The van der Waals surface area contributed by atoms with Gasteiger partial charge in [0.1, 0.15) is 11.4 Å². The summed E-state index contributed by atoms with van der Waals surface area (Å²) < 4.78 is 0. The molecular formula is C13H20N2O3. The molecule has 5 heteroatoms. The van der Waals surface area contributed by atoms with Crippen molar-refractivity contribution in [1.29, 1.82) is 0 Å². The van der Waals surface area contributed by atoms with E-state index in [0.717, 1.165) is 5.69 Å². The standard InChI is InChI=1S/C13H20N2O3/c1-5-13(4,18)7-14-11-10(12(16)17)8(2)6-9(3)15-11/h6,18H,5,7H2,1-4H3,(H,14,15)(H,16,17).